The molecule has 0 saturated carbocycles. The van der Waals surface area contributed by atoms with Gasteiger partial charge < -0.3 is 9.05 Å². The van der Waals surface area contributed by atoms with Crippen molar-refractivity contribution in [1.82, 2.24) is 9.34 Å². The number of alkyl halides is 4. The van der Waals surface area contributed by atoms with Gasteiger partial charge in [-0.25, -0.2) is 18.5 Å². The lowest BCUT2D eigenvalue weighted by molar-refractivity contribution is 0.389. The molecule has 0 radical (unpaired) electrons. The van der Waals surface area contributed by atoms with Crippen molar-refractivity contribution in [3.63, 3.8) is 0 Å². The molecule has 2 aromatic rings. The summed E-state index contributed by atoms with van der Waals surface area (Å²) in [6.45, 7) is -6.60. The molecule has 2 atom stereocenters. The SMILES string of the molecule is O=P(Cl)(Oc1cccc2c(OP(=O)(Cl)N(CCCl)CCCl)cccc12)N(CCCl)CCCl. The molecule has 0 N–H and O–H groups in total. The molecule has 14 heteroatoms. The van der Waals surface area contributed by atoms with Crippen LogP contribution in [0.2, 0.25) is 0 Å². The summed E-state index contributed by atoms with van der Waals surface area (Å²) in [7, 11) is 0. The molecular formula is C18H22Cl6N2O4P2. The molecule has 0 aliphatic carbocycles. The first-order valence-electron chi connectivity index (χ1n) is 9.45. The fourth-order valence-corrected chi connectivity index (χ4v) is 7.89. The highest BCUT2D eigenvalue weighted by atomic mass is 35.7. The first kappa shape index (κ1) is 28.7. The van der Waals surface area contributed by atoms with E-state index in [-0.39, 0.29) is 61.2 Å². The van der Waals surface area contributed by atoms with Crippen LogP contribution in [0.3, 0.4) is 0 Å². The number of rotatable bonds is 14. The van der Waals surface area contributed by atoms with Crippen LogP contribution in [-0.4, -0.2) is 59.0 Å². The number of hydrogen-bond donors (Lipinski definition) is 0. The van der Waals surface area contributed by atoms with Crippen LogP contribution in [0.15, 0.2) is 36.4 Å². The van der Waals surface area contributed by atoms with Crippen molar-refractivity contribution in [3.8, 4) is 11.5 Å². The molecule has 0 fully saturated rings. The maximum absolute atomic E-state index is 13.1. The Kier molecular flexibility index (Phi) is 12.1. The lowest BCUT2D eigenvalue weighted by atomic mass is 10.1. The Morgan fingerprint density at radius 2 is 0.938 bits per heavy atom. The zero-order chi connectivity index (χ0) is 23.8. The third kappa shape index (κ3) is 7.71. The van der Waals surface area contributed by atoms with Crippen LogP contribution in [0.4, 0.5) is 0 Å². The second kappa shape index (κ2) is 13.5. The molecule has 0 aliphatic heterocycles. The minimum absolute atomic E-state index is 0.205. The van der Waals surface area contributed by atoms with Gasteiger partial charge in [-0.15, -0.1) is 46.4 Å². The smallest absolute Gasteiger partial charge is 0.411 e. The van der Waals surface area contributed by atoms with Crippen molar-refractivity contribution in [1.29, 1.82) is 0 Å². The van der Waals surface area contributed by atoms with E-state index in [1.54, 1.807) is 36.4 Å². The molecule has 0 bridgehead atoms. The molecule has 0 spiro atoms. The van der Waals surface area contributed by atoms with E-state index >= 15 is 0 Å². The third-order valence-corrected chi connectivity index (χ3v) is 9.68. The second-order valence-electron chi connectivity index (χ2n) is 6.36. The predicted molar refractivity (Wildman–Crippen MR) is 138 cm³/mol. The van der Waals surface area contributed by atoms with Crippen molar-refractivity contribution in [2.45, 2.75) is 0 Å². The molecule has 180 valence electrons. The highest BCUT2D eigenvalue weighted by molar-refractivity contribution is 7.84. The zero-order valence-electron chi connectivity index (χ0n) is 16.8. The van der Waals surface area contributed by atoms with Gasteiger partial charge in [-0.05, 0) is 12.1 Å². The number of halogens is 6. The van der Waals surface area contributed by atoms with Crippen LogP contribution in [-0.2, 0) is 9.13 Å². The fraction of sp³-hybridized carbons (Fsp3) is 0.444. The Hall–Kier alpha value is 0.420. The largest absolute Gasteiger partial charge is 0.421 e. The molecule has 6 nitrogen and oxygen atoms in total. The highest BCUT2D eigenvalue weighted by Crippen LogP contribution is 2.58. The number of hydrogen-bond acceptors (Lipinski definition) is 4. The van der Waals surface area contributed by atoms with Gasteiger partial charge in [-0.2, -0.15) is 0 Å². The normalized spacial score (nSPS) is 15.6. The Balaban J connectivity index is 2.40. The Labute approximate surface area is 217 Å². The van der Waals surface area contributed by atoms with Crippen molar-refractivity contribution in [3.05, 3.63) is 36.4 Å². The fourth-order valence-electron chi connectivity index (χ4n) is 2.86. The van der Waals surface area contributed by atoms with Crippen LogP contribution in [0.25, 0.3) is 10.8 Å². The van der Waals surface area contributed by atoms with Crippen molar-refractivity contribution >= 4 is 93.4 Å². The van der Waals surface area contributed by atoms with Crippen molar-refractivity contribution in [2.75, 3.05) is 49.7 Å². The molecule has 32 heavy (non-hydrogen) atoms. The maximum Gasteiger partial charge on any atom is 0.411 e. The number of fused-ring (bicyclic) bond motifs is 1. The summed E-state index contributed by atoms with van der Waals surface area (Å²) in [6.07, 6.45) is 0. The summed E-state index contributed by atoms with van der Waals surface area (Å²) in [5.41, 5.74) is 0. The maximum atomic E-state index is 13.1. The van der Waals surface area contributed by atoms with Crippen LogP contribution < -0.4 is 9.05 Å². The van der Waals surface area contributed by atoms with E-state index in [1.807, 2.05) is 0 Å². The van der Waals surface area contributed by atoms with E-state index in [9.17, 15) is 9.13 Å². The van der Waals surface area contributed by atoms with Crippen LogP contribution >= 0.6 is 82.6 Å². The summed E-state index contributed by atoms with van der Waals surface area (Å²) in [4.78, 5) is 0. The van der Waals surface area contributed by atoms with Gasteiger partial charge in [0.2, 0.25) is 0 Å². The summed E-state index contributed by atoms with van der Waals surface area (Å²) in [5.74, 6) is 1.33. The van der Waals surface area contributed by atoms with E-state index < -0.39 is 13.7 Å². The topological polar surface area (TPSA) is 59.1 Å². The van der Waals surface area contributed by atoms with Crippen LogP contribution in [0.5, 0.6) is 11.5 Å². The third-order valence-electron chi connectivity index (χ3n) is 4.31. The van der Waals surface area contributed by atoms with Gasteiger partial charge in [-0.3, -0.25) is 0 Å². The molecule has 0 aliphatic rings. The molecule has 2 rings (SSSR count). The quantitative estimate of drug-likeness (QED) is 0.162. The van der Waals surface area contributed by atoms with Crippen LogP contribution in [0.1, 0.15) is 0 Å². The Morgan fingerprint density at radius 3 is 1.22 bits per heavy atom. The van der Waals surface area contributed by atoms with Crippen LogP contribution in [0, 0.1) is 0 Å². The molecule has 0 amide bonds. The number of nitrogens with zero attached hydrogens (tertiary/aromatic N) is 2. The molecule has 2 aromatic carbocycles. The van der Waals surface area contributed by atoms with Gasteiger partial charge in [0.15, 0.2) is 0 Å². The first-order chi connectivity index (χ1) is 15.2. The molecule has 0 saturated heterocycles. The molecular weight excluding hydrogens is 583 g/mol. The molecule has 0 aromatic heterocycles. The van der Waals surface area contributed by atoms with Gasteiger partial charge >= 0.3 is 13.7 Å². The summed E-state index contributed by atoms with van der Waals surface area (Å²) in [6, 6.07) is 10.0. The second-order valence-corrected chi connectivity index (χ2v) is 13.7. The van der Waals surface area contributed by atoms with Gasteiger partial charge in [0.1, 0.15) is 11.5 Å². The lowest BCUT2D eigenvalue weighted by Gasteiger charge is -2.27. The Morgan fingerprint density at radius 1 is 0.625 bits per heavy atom. The first-order valence-corrected chi connectivity index (χ1v) is 16.6. The van der Waals surface area contributed by atoms with Gasteiger partial charge in [0, 0.05) is 83.0 Å². The minimum Gasteiger partial charge on any atom is -0.421 e. The monoisotopic (exact) mass is 602 g/mol. The van der Waals surface area contributed by atoms with Gasteiger partial charge in [0.25, 0.3) is 0 Å². The van der Waals surface area contributed by atoms with E-state index in [1.165, 1.54) is 9.34 Å². The predicted octanol–water partition coefficient (Wildman–Crippen LogP) is 7.85. The summed E-state index contributed by atoms with van der Waals surface area (Å²) in [5, 5.41) is 1.08. The Bertz CT molecular complexity index is 896. The zero-order valence-corrected chi connectivity index (χ0v) is 23.1. The summed E-state index contributed by atoms with van der Waals surface area (Å²) < 4.78 is 40.4. The number of benzene rings is 2. The average molecular weight is 605 g/mol. The van der Waals surface area contributed by atoms with Gasteiger partial charge in [-0.1, -0.05) is 24.3 Å². The van der Waals surface area contributed by atoms with Crippen molar-refractivity contribution < 1.29 is 18.2 Å². The molecule has 2 unspecified atom stereocenters. The van der Waals surface area contributed by atoms with E-state index in [0.717, 1.165) is 0 Å². The average Bonchev–Trinajstić information content (AvgIpc) is 2.73. The highest BCUT2D eigenvalue weighted by Gasteiger charge is 2.32. The van der Waals surface area contributed by atoms with Crippen molar-refractivity contribution in [2.24, 2.45) is 0 Å². The van der Waals surface area contributed by atoms with Gasteiger partial charge in [0.05, 0.1) is 0 Å². The van der Waals surface area contributed by atoms with E-state index in [2.05, 4.69) is 0 Å². The summed E-state index contributed by atoms with van der Waals surface area (Å²) >= 11 is 35.7. The van der Waals surface area contributed by atoms with E-state index in [0.29, 0.717) is 10.8 Å². The van der Waals surface area contributed by atoms with E-state index in [4.69, 9.17) is 77.9 Å². The minimum atomic E-state index is -3.77. The lowest BCUT2D eigenvalue weighted by Crippen LogP contribution is -2.25. The molecule has 0 heterocycles. The standard InChI is InChI=1S/C18H22Cl6N2O4P2/c19-7-11-25(12-8-20)31(23,27)29-17-5-1-3-15-16(17)4-2-6-18(15)30-32(24,28)26(13-9-21)14-10-22/h1-6H,7-14H2.